The SMILES string of the molecule is O=C1C=C(c2ccccc2)C(=O)C2=C1[C@@H]1CC[C@H]2C1. The number of rotatable bonds is 1. The van der Waals surface area contributed by atoms with Crippen LogP contribution in [0.2, 0.25) is 0 Å². The number of carbonyl (C=O) groups excluding carboxylic acids is 2. The monoisotopic (exact) mass is 250 g/mol. The Kier molecular flexibility index (Phi) is 2.16. The Morgan fingerprint density at radius 3 is 2.32 bits per heavy atom. The molecule has 2 nitrogen and oxygen atoms in total. The van der Waals surface area contributed by atoms with E-state index in [1.165, 1.54) is 0 Å². The topological polar surface area (TPSA) is 34.1 Å². The first-order valence-electron chi connectivity index (χ1n) is 6.86. The molecule has 0 amide bonds. The molecule has 0 radical (unpaired) electrons. The number of Topliss-reactive ketones (excluding diaryl/α,β-unsaturated/α-hetero) is 1. The molecule has 3 aliphatic rings. The van der Waals surface area contributed by atoms with Gasteiger partial charge in [0.1, 0.15) is 0 Å². The van der Waals surface area contributed by atoms with E-state index in [1.807, 2.05) is 30.3 Å². The minimum absolute atomic E-state index is 0.0700. The molecule has 0 heterocycles. The van der Waals surface area contributed by atoms with Crippen LogP contribution < -0.4 is 0 Å². The number of fused-ring (bicyclic) bond motifs is 4. The Labute approximate surface area is 111 Å². The zero-order valence-corrected chi connectivity index (χ0v) is 10.6. The number of carbonyl (C=O) groups is 2. The Morgan fingerprint density at radius 2 is 1.58 bits per heavy atom. The van der Waals surface area contributed by atoms with E-state index in [-0.39, 0.29) is 11.6 Å². The lowest BCUT2D eigenvalue weighted by Gasteiger charge is -2.22. The van der Waals surface area contributed by atoms with Crippen molar-refractivity contribution in [2.45, 2.75) is 19.3 Å². The third kappa shape index (κ3) is 1.43. The van der Waals surface area contributed by atoms with Crippen LogP contribution in [0.1, 0.15) is 24.8 Å². The first-order valence-corrected chi connectivity index (χ1v) is 6.86. The molecule has 2 atom stereocenters. The fourth-order valence-electron chi connectivity index (χ4n) is 3.84. The standard InChI is InChI=1S/C17H14O2/c18-14-9-13(10-4-2-1-3-5-10)17(19)16-12-7-6-11(8-12)15(14)16/h1-5,9,11-12H,6-8H2/t11-,12+/m1/s1. The second-order valence-electron chi connectivity index (χ2n) is 5.65. The van der Waals surface area contributed by atoms with Crippen molar-refractivity contribution in [2.75, 3.05) is 0 Å². The molecule has 1 aromatic carbocycles. The van der Waals surface area contributed by atoms with Gasteiger partial charge in [-0.25, -0.2) is 0 Å². The summed E-state index contributed by atoms with van der Waals surface area (Å²) in [5.74, 6) is 0.850. The summed E-state index contributed by atoms with van der Waals surface area (Å²) in [5, 5.41) is 0. The first kappa shape index (κ1) is 10.9. The molecular weight excluding hydrogens is 236 g/mol. The molecule has 2 bridgehead atoms. The first-order chi connectivity index (χ1) is 9.25. The molecule has 3 aliphatic carbocycles. The minimum atomic E-state index is 0.0700. The fourth-order valence-corrected chi connectivity index (χ4v) is 3.84. The van der Waals surface area contributed by atoms with Crippen LogP contribution in [0.3, 0.4) is 0 Å². The van der Waals surface area contributed by atoms with E-state index in [0.717, 1.165) is 36.0 Å². The van der Waals surface area contributed by atoms with Gasteiger partial charge in [-0.1, -0.05) is 30.3 Å². The van der Waals surface area contributed by atoms with E-state index in [2.05, 4.69) is 0 Å². The second kappa shape index (κ2) is 3.77. The van der Waals surface area contributed by atoms with Crippen molar-refractivity contribution in [1.29, 1.82) is 0 Å². The van der Waals surface area contributed by atoms with Crippen LogP contribution in [-0.2, 0) is 9.59 Å². The highest BCUT2D eigenvalue weighted by molar-refractivity contribution is 6.38. The van der Waals surface area contributed by atoms with E-state index in [1.54, 1.807) is 6.08 Å². The highest BCUT2D eigenvalue weighted by atomic mass is 16.1. The molecule has 0 unspecified atom stereocenters. The number of hydrogen-bond donors (Lipinski definition) is 0. The van der Waals surface area contributed by atoms with E-state index in [9.17, 15) is 9.59 Å². The third-order valence-electron chi connectivity index (χ3n) is 4.65. The van der Waals surface area contributed by atoms with Crippen molar-refractivity contribution in [3.05, 3.63) is 53.1 Å². The van der Waals surface area contributed by atoms with Crippen molar-refractivity contribution in [3.63, 3.8) is 0 Å². The molecule has 19 heavy (non-hydrogen) atoms. The Hall–Kier alpha value is -1.96. The van der Waals surface area contributed by atoms with Gasteiger partial charge in [0.2, 0.25) is 0 Å². The predicted molar refractivity (Wildman–Crippen MR) is 72.3 cm³/mol. The van der Waals surface area contributed by atoms with Gasteiger partial charge in [-0.2, -0.15) is 0 Å². The highest BCUT2D eigenvalue weighted by Crippen LogP contribution is 2.51. The van der Waals surface area contributed by atoms with Crippen LogP contribution in [-0.4, -0.2) is 11.6 Å². The van der Waals surface area contributed by atoms with Crippen molar-refractivity contribution < 1.29 is 9.59 Å². The quantitative estimate of drug-likeness (QED) is 0.718. The summed E-state index contributed by atoms with van der Waals surface area (Å²) in [5.41, 5.74) is 3.11. The summed E-state index contributed by atoms with van der Waals surface area (Å²) in [4.78, 5) is 25.0. The largest absolute Gasteiger partial charge is 0.290 e. The molecule has 0 spiro atoms. The minimum Gasteiger partial charge on any atom is -0.290 e. The molecule has 2 heteroatoms. The van der Waals surface area contributed by atoms with Crippen LogP contribution in [0.5, 0.6) is 0 Å². The van der Waals surface area contributed by atoms with Crippen molar-refractivity contribution >= 4 is 17.1 Å². The molecule has 94 valence electrons. The second-order valence-corrected chi connectivity index (χ2v) is 5.65. The van der Waals surface area contributed by atoms with E-state index >= 15 is 0 Å². The van der Waals surface area contributed by atoms with Gasteiger partial charge in [-0.05, 0) is 42.7 Å². The normalized spacial score (nSPS) is 28.7. The highest BCUT2D eigenvalue weighted by Gasteiger charge is 2.46. The molecule has 4 rings (SSSR count). The van der Waals surface area contributed by atoms with Crippen molar-refractivity contribution in [3.8, 4) is 0 Å². The number of benzene rings is 1. The number of ketones is 2. The summed E-state index contributed by atoms with van der Waals surface area (Å²) in [6, 6.07) is 9.52. The van der Waals surface area contributed by atoms with E-state index in [0.29, 0.717) is 17.4 Å². The van der Waals surface area contributed by atoms with Gasteiger partial charge in [0.25, 0.3) is 0 Å². The van der Waals surface area contributed by atoms with E-state index in [4.69, 9.17) is 0 Å². The van der Waals surface area contributed by atoms with E-state index < -0.39 is 0 Å². The summed E-state index contributed by atoms with van der Waals surface area (Å²) < 4.78 is 0. The lowest BCUT2D eigenvalue weighted by molar-refractivity contribution is -0.115. The molecule has 1 fully saturated rings. The zero-order valence-electron chi connectivity index (χ0n) is 10.6. The molecule has 0 saturated heterocycles. The Morgan fingerprint density at radius 1 is 0.895 bits per heavy atom. The van der Waals surface area contributed by atoms with Gasteiger partial charge in [-0.15, -0.1) is 0 Å². The third-order valence-corrected chi connectivity index (χ3v) is 4.65. The average Bonchev–Trinajstić information content (AvgIpc) is 3.05. The van der Waals surface area contributed by atoms with Crippen LogP contribution in [0.25, 0.3) is 5.57 Å². The van der Waals surface area contributed by atoms with Gasteiger partial charge in [0.05, 0.1) is 0 Å². The van der Waals surface area contributed by atoms with Gasteiger partial charge in [0.15, 0.2) is 11.6 Å². The maximum Gasteiger partial charge on any atom is 0.190 e. The average molecular weight is 250 g/mol. The molecule has 0 N–H and O–H groups in total. The van der Waals surface area contributed by atoms with Gasteiger partial charge >= 0.3 is 0 Å². The fraction of sp³-hybridized carbons (Fsp3) is 0.294. The maximum absolute atomic E-state index is 12.7. The lowest BCUT2D eigenvalue weighted by Crippen LogP contribution is -2.22. The molecule has 1 aromatic rings. The van der Waals surface area contributed by atoms with Crippen LogP contribution >= 0.6 is 0 Å². The lowest BCUT2D eigenvalue weighted by atomic mass is 9.79. The van der Waals surface area contributed by atoms with Crippen LogP contribution in [0.4, 0.5) is 0 Å². The van der Waals surface area contributed by atoms with Crippen LogP contribution in [0, 0.1) is 11.8 Å². The summed E-state index contributed by atoms with van der Waals surface area (Å²) in [6.45, 7) is 0. The molecule has 1 saturated carbocycles. The van der Waals surface area contributed by atoms with Gasteiger partial charge in [0, 0.05) is 16.7 Å². The predicted octanol–water partition coefficient (Wildman–Crippen LogP) is 2.95. The number of hydrogen-bond acceptors (Lipinski definition) is 2. The Balaban J connectivity index is 1.82. The van der Waals surface area contributed by atoms with Crippen molar-refractivity contribution in [1.82, 2.24) is 0 Å². The maximum atomic E-state index is 12.7. The summed E-state index contributed by atoms with van der Waals surface area (Å²) >= 11 is 0. The van der Waals surface area contributed by atoms with Gasteiger partial charge in [-0.3, -0.25) is 9.59 Å². The summed E-state index contributed by atoms with van der Waals surface area (Å²) in [7, 11) is 0. The smallest absolute Gasteiger partial charge is 0.190 e. The van der Waals surface area contributed by atoms with Gasteiger partial charge < -0.3 is 0 Å². The molecule has 0 aromatic heterocycles. The Bertz CT molecular complexity index is 649. The zero-order chi connectivity index (χ0) is 13.0. The summed E-state index contributed by atoms with van der Waals surface area (Å²) in [6.07, 6.45) is 4.72. The van der Waals surface area contributed by atoms with Crippen LogP contribution in [0.15, 0.2) is 47.6 Å². The molecular formula is C17H14O2. The molecule has 0 aliphatic heterocycles. The number of allylic oxidation sites excluding steroid dienone is 4. The van der Waals surface area contributed by atoms with Crippen molar-refractivity contribution in [2.24, 2.45) is 11.8 Å².